The number of nitrogens with one attached hydrogen (secondary N) is 1. The molecule has 1 N–H and O–H groups in total. The minimum atomic E-state index is -4.70. The Balaban J connectivity index is 2.52. The van der Waals surface area contributed by atoms with Crippen LogP contribution in [0, 0.1) is 6.92 Å². The SMILES string of the molecule is COC(=O)c1ccc(C(F)(F)F)cc1NS(=O)(=O)c1ccc(C)cc1. The molecular weight excluding hydrogens is 359 g/mol. The number of anilines is 1. The standard InChI is InChI=1S/C16H14F3NO4S/c1-10-3-6-12(7-4-10)25(22,23)20-14-9-11(16(17,18)19)5-8-13(14)15(21)24-2/h3-9,20H,1-2H3. The molecule has 0 bridgehead atoms. The van der Waals surface area contributed by atoms with E-state index in [1.54, 1.807) is 19.1 Å². The smallest absolute Gasteiger partial charge is 0.416 e. The summed E-state index contributed by atoms with van der Waals surface area (Å²) in [6.45, 7) is 1.76. The highest BCUT2D eigenvalue weighted by molar-refractivity contribution is 7.92. The van der Waals surface area contributed by atoms with Crippen LogP contribution in [0.2, 0.25) is 0 Å². The summed E-state index contributed by atoms with van der Waals surface area (Å²) in [5, 5.41) is 0. The van der Waals surface area contributed by atoms with Crippen LogP contribution in [0.1, 0.15) is 21.5 Å². The Labute approximate surface area is 142 Å². The van der Waals surface area contributed by atoms with Gasteiger partial charge in [0.15, 0.2) is 0 Å². The molecule has 0 aliphatic heterocycles. The van der Waals surface area contributed by atoms with Crippen LogP contribution in [0.4, 0.5) is 18.9 Å². The number of carbonyl (C=O) groups is 1. The highest BCUT2D eigenvalue weighted by atomic mass is 32.2. The Morgan fingerprint density at radius 3 is 2.20 bits per heavy atom. The highest BCUT2D eigenvalue weighted by Gasteiger charge is 2.32. The third kappa shape index (κ3) is 4.30. The van der Waals surface area contributed by atoms with E-state index in [1.807, 2.05) is 4.72 Å². The van der Waals surface area contributed by atoms with Crippen molar-refractivity contribution in [2.24, 2.45) is 0 Å². The summed E-state index contributed by atoms with van der Waals surface area (Å²) in [5.41, 5.74) is -1.12. The van der Waals surface area contributed by atoms with Gasteiger partial charge in [0.2, 0.25) is 0 Å². The van der Waals surface area contributed by atoms with Crippen molar-refractivity contribution >= 4 is 21.7 Å². The van der Waals surface area contributed by atoms with E-state index in [1.165, 1.54) is 12.1 Å². The fraction of sp³-hybridized carbons (Fsp3) is 0.188. The van der Waals surface area contributed by atoms with Gasteiger partial charge in [-0.15, -0.1) is 0 Å². The first-order valence-electron chi connectivity index (χ1n) is 6.93. The molecule has 0 aliphatic carbocycles. The topological polar surface area (TPSA) is 72.5 Å². The Morgan fingerprint density at radius 2 is 1.68 bits per heavy atom. The molecule has 0 unspecified atom stereocenters. The second kappa shape index (κ2) is 6.75. The van der Waals surface area contributed by atoms with E-state index >= 15 is 0 Å². The number of rotatable bonds is 4. The summed E-state index contributed by atoms with van der Waals surface area (Å²) in [7, 11) is -3.14. The molecule has 0 spiro atoms. The van der Waals surface area contributed by atoms with Crippen molar-refractivity contribution in [1.29, 1.82) is 0 Å². The van der Waals surface area contributed by atoms with Crippen molar-refractivity contribution < 1.29 is 31.1 Å². The third-order valence-electron chi connectivity index (χ3n) is 3.33. The quantitative estimate of drug-likeness (QED) is 0.831. The highest BCUT2D eigenvalue weighted by Crippen LogP contribution is 2.33. The van der Waals surface area contributed by atoms with Crippen LogP contribution in [0.5, 0.6) is 0 Å². The second-order valence-electron chi connectivity index (χ2n) is 5.17. The number of aryl methyl sites for hydroxylation is 1. The molecule has 2 aromatic rings. The number of hydrogen-bond donors (Lipinski definition) is 1. The van der Waals surface area contributed by atoms with Gasteiger partial charge in [0.1, 0.15) is 0 Å². The fourth-order valence-corrected chi connectivity index (χ4v) is 3.08. The average Bonchev–Trinajstić information content (AvgIpc) is 2.53. The first-order chi connectivity index (χ1) is 11.5. The maximum atomic E-state index is 12.9. The van der Waals surface area contributed by atoms with Crippen LogP contribution in [-0.4, -0.2) is 21.5 Å². The minimum absolute atomic E-state index is 0.147. The zero-order valence-corrected chi connectivity index (χ0v) is 14.0. The van der Waals surface area contributed by atoms with E-state index < -0.39 is 33.4 Å². The van der Waals surface area contributed by atoms with E-state index in [0.29, 0.717) is 12.1 Å². The molecule has 25 heavy (non-hydrogen) atoms. The molecule has 0 fully saturated rings. The van der Waals surface area contributed by atoms with Crippen LogP contribution in [0.15, 0.2) is 47.4 Å². The molecule has 0 atom stereocenters. The molecule has 0 saturated carbocycles. The number of hydrogen-bond acceptors (Lipinski definition) is 4. The van der Waals surface area contributed by atoms with Gasteiger partial charge in [-0.3, -0.25) is 4.72 Å². The molecular formula is C16H14F3NO4S. The Morgan fingerprint density at radius 1 is 1.08 bits per heavy atom. The molecule has 5 nitrogen and oxygen atoms in total. The number of halogens is 3. The monoisotopic (exact) mass is 373 g/mol. The first kappa shape index (κ1) is 18.8. The lowest BCUT2D eigenvalue weighted by atomic mass is 10.1. The van der Waals surface area contributed by atoms with E-state index in [9.17, 15) is 26.4 Å². The number of benzene rings is 2. The molecule has 0 amide bonds. The largest absolute Gasteiger partial charge is 0.465 e. The maximum Gasteiger partial charge on any atom is 0.416 e. The lowest BCUT2D eigenvalue weighted by molar-refractivity contribution is -0.137. The van der Waals surface area contributed by atoms with Crippen molar-refractivity contribution in [2.75, 3.05) is 11.8 Å². The molecule has 0 radical (unpaired) electrons. The van der Waals surface area contributed by atoms with Crippen molar-refractivity contribution in [2.45, 2.75) is 18.0 Å². The summed E-state index contributed by atoms with van der Waals surface area (Å²) in [4.78, 5) is 11.6. The number of sulfonamides is 1. The van der Waals surface area contributed by atoms with Gasteiger partial charge < -0.3 is 4.74 Å². The molecule has 9 heteroatoms. The average molecular weight is 373 g/mol. The fourth-order valence-electron chi connectivity index (χ4n) is 2.01. The van der Waals surface area contributed by atoms with Gasteiger partial charge in [0.25, 0.3) is 10.0 Å². The molecule has 0 saturated heterocycles. The number of carbonyl (C=O) groups excluding carboxylic acids is 1. The zero-order chi connectivity index (χ0) is 18.8. The number of ether oxygens (including phenoxy) is 1. The summed E-state index contributed by atoms with van der Waals surface area (Å²) in [5.74, 6) is -0.963. The lowest BCUT2D eigenvalue weighted by Gasteiger charge is -2.14. The van der Waals surface area contributed by atoms with Crippen LogP contribution in [-0.2, 0) is 20.9 Å². The van der Waals surface area contributed by atoms with Crippen LogP contribution < -0.4 is 4.72 Å². The van der Waals surface area contributed by atoms with Crippen molar-refractivity contribution in [3.63, 3.8) is 0 Å². The summed E-state index contributed by atoms with van der Waals surface area (Å²) < 4.78 is 70.0. The van der Waals surface area contributed by atoms with Gasteiger partial charge in [-0.05, 0) is 37.3 Å². The molecule has 2 rings (SSSR count). The number of methoxy groups -OCH3 is 1. The summed E-state index contributed by atoms with van der Waals surface area (Å²) >= 11 is 0. The van der Waals surface area contributed by atoms with Crippen molar-refractivity contribution in [3.8, 4) is 0 Å². The van der Waals surface area contributed by atoms with Gasteiger partial charge in [-0.25, -0.2) is 13.2 Å². The van der Waals surface area contributed by atoms with Crippen molar-refractivity contribution in [1.82, 2.24) is 0 Å². The van der Waals surface area contributed by atoms with Gasteiger partial charge in [0, 0.05) is 0 Å². The lowest BCUT2D eigenvalue weighted by Crippen LogP contribution is -2.17. The summed E-state index contributed by atoms with van der Waals surface area (Å²) in [6.07, 6.45) is -4.70. The van der Waals surface area contributed by atoms with E-state index in [-0.39, 0.29) is 10.5 Å². The Kier molecular flexibility index (Phi) is 5.07. The van der Waals surface area contributed by atoms with Gasteiger partial charge >= 0.3 is 12.1 Å². The minimum Gasteiger partial charge on any atom is -0.465 e. The zero-order valence-electron chi connectivity index (χ0n) is 13.2. The summed E-state index contributed by atoms with van der Waals surface area (Å²) in [6, 6.07) is 7.80. The van der Waals surface area contributed by atoms with Gasteiger partial charge in [0.05, 0.1) is 28.8 Å². The third-order valence-corrected chi connectivity index (χ3v) is 4.71. The van der Waals surface area contributed by atoms with E-state index in [2.05, 4.69) is 4.74 Å². The second-order valence-corrected chi connectivity index (χ2v) is 6.85. The Hall–Kier alpha value is -2.55. The molecule has 134 valence electrons. The van der Waals surface area contributed by atoms with Gasteiger partial charge in [-0.2, -0.15) is 13.2 Å². The van der Waals surface area contributed by atoms with E-state index in [0.717, 1.165) is 18.7 Å². The molecule has 2 aromatic carbocycles. The predicted octanol–water partition coefficient (Wildman–Crippen LogP) is 3.60. The van der Waals surface area contributed by atoms with Crippen LogP contribution >= 0.6 is 0 Å². The molecule has 0 aliphatic rings. The number of alkyl halides is 3. The van der Waals surface area contributed by atoms with Crippen LogP contribution in [0.3, 0.4) is 0 Å². The van der Waals surface area contributed by atoms with Crippen LogP contribution in [0.25, 0.3) is 0 Å². The van der Waals surface area contributed by atoms with Gasteiger partial charge in [-0.1, -0.05) is 17.7 Å². The molecule has 0 aromatic heterocycles. The first-order valence-corrected chi connectivity index (χ1v) is 8.42. The maximum absolute atomic E-state index is 12.9. The Bertz CT molecular complexity index is 891. The predicted molar refractivity (Wildman–Crippen MR) is 84.8 cm³/mol. The molecule has 0 heterocycles. The number of esters is 1. The van der Waals surface area contributed by atoms with E-state index in [4.69, 9.17) is 0 Å². The normalized spacial score (nSPS) is 11.9. The van der Waals surface area contributed by atoms with Crippen molar-refractivity contribution in [3.05, 3.63) is 59.2 Å².